The Bertz CT molecular complexity index is 1510. The number of amides is 1. The van der Waals surface area contributed by atoms with Gasteiger partial charge in [0.05, 0.1) is 12.0 Å². The van der Waals surface area contributed by atoms with Crippen molar-refractivity contribution in [2.45, 2.75) is 38.6 Å². The minimum Gasteiger partial charge on any atom is -0.449 e. The van der Waals surface area contributed by atoms with Gasteiger partial charge in [-0.3, -0.25) is 4.79 Å². The van der Waals surface area contributed by atoms with Gasteiger partial charge in [0, 0.05) is 23.5 Å². The molecule has 4 heterocycles. The van der Waals surface area contributed by atoms with Crippen molar-refractivity contribution in [1.82, 2.24) is 29.3 Å². The van der Waals surface area contributed by atoms with Gasteiger partial charge in [-0.2, -0.15) is 0 Å². The van der Waals surface area contributed by atoms with Gasteiger partial charge in [0.1, 0.15) is 29.1 Å². The molecule has 1 amide bonds. The van der Waals surface area contributed by atoms with Crippen molar-refractivity contribution in [1.29, 1.82) is 0 Å². The smallest absolute Gasteiger partial charge is 0.294 e. The summed E-state index contributed by atoms with van der Waals surface area (Å²) < 4.78 is 9.82. The summed E-state index contributed by atoms with van der Waals surface area (Å²) in [6, 6.07) is 13.2. The van der Waals surface area contributed by atoms with E-state index < -0.39 is 0 Å². The molecule has 1 saturated carbocycles. The standard InChI is InChI=1S/C25H23N7O2/c1-15(2)32-14-27-30-24(32)18-7-5-9-21(28-18)29-25(33)23-22(17-6-3-4-8-20(17)34-23)31-12-19(26-13-31)16-10-11-16/h3-9,12-16H,10-11H2,1-2H3,(H,28,29,33). The number of nitrogens with zero attached hydrogens (tertiary/aromatic N) is 6. The molecule has 170 valence electrons. The Balaban J connectivity index is 1.36. The zero-order chi connectivity index (χ0) is 23.2. The third-order valence-electron chi connectivity index (χ3n) is 5.98. The quantitative estimate of drug-likeness (QED) is 0.389. The van der Waals surface area contributed by atoms with E-state index in [1.165, 1.54) is 0 Å². The summed E-state index contributed by atoms with van der Waals surface area (Å²) in [5.41, 5.74) is 2.97. The first-order chi connectivity index (χ1) is 16.6. The molecule has 0 spiro atoms. The molecule has 34 heavy (non-hydrogen) atoms. The van der Waals surface area contributed by atoms with Crippen LogP contribution in [0.1, 0.15) is 54.9 Å². The fourth-order valence-corrected chi connectivity index (χ4v) is 4.10. The Morgan fingerprint density at radius 1 is 1.12 bits per heavy atom. The third-order valence-corrected chi connectivity index (χ3v) is 5.98. The molecule has 0 unspecified atom stereocenters. The molecule has 6 rings (SSSR count). The number of benzene rings is 1. The molecule has 1 aliphatic carbocycles. The van der Waals surface area contributed by atoms with Gasteiger partial charge in [-0.25, -0.2) is 9.97 Å². The van der Waals surface area contributed by atoms with Crippen molar-refractivity contribution in [3.8, 4) is 17.2 Å². The number of imidazole rings is 1. The highest BCUT2D eigenvalue weighted by atomic mass is 16.3. The lowest BCUT2D eigenvalue weighted by molar-refractivity contribution is 0.0998. The number of para-hydroxylation sites is 1. The second kappa shape index (κ2) is 7.95. The van der Waals surface area contributed by atoms with Gasteiger partial charge in [-0.05, 0) is 51.0 Å². The number of hydrogen-bond donors (Lipinski definition) is 1. The van der Waals surface area contributed by atoms with Crippen molar-refractivity contribution in [3.05, 3.63) is 72.8 Å². The second-order valence-corrected chi connectivity index (χ2v) is 8.77. The van der Waals surface area contributed by atoms with Gasteiger partial charge in [0.2, 0.25) is 5.76 Å². The molecular formula is C25H23N7O2. The summed E-state index contributed by atoms with van der Waals surface area (Å²) in [5, 5.41) is 11.9. The van der Waals surface area contributed by atoms with E-state index >= 15 is 0 Å². The molecule has 9 heteroatoms. The third kappa shape index (κ3) is 3.55. The predicted molar refractivity (Wildman–Crippen MR) is 127 cm³/mol. The zero-order valence-corrected chi connectivity index (χ0v) is 18.8. The maximum Gasteiger partial charge on any atom is 0.294 e. The molecule has 1 aliphatic rings. The molecular weight excluding hydrogens is 430 g/mol. The van der Waals surface area contributed by atoms with Crippen molar-refractivity contribution in [3.63, 3.8) is 0 Å². The van der Waals surface area contributed by atoms with E-state index in [9.17, 15) is 4.79 Å². The van der Waals surface area contributed by atoms with Crippen LogP contribution in [0, 0.1) is 0 Å². The number of pyridine rings is 1. The Hall–Kier alpha value is -4.27. The first kappa shape index (κ1) is 20.3. The molecule has 5 aromatic rings. The average Bonchev–Trinajstić information content (AvgIpc) is 3.25. The lowest BCUT2D eigenvalue weighted by Gasteiger charge is -2.10. The molecule has 0 aliphatic heterocycles. The van der Waals surface area contributed by atoms with Gasteiger partial charge in [0.25, 0.3) is 5.91 Å². The summed E-state index contributed by atoms with van der Waals surface area (Å²) in [7, 11) is 0. The molecule has 1 aromatic carbocycles. The fraction of sp³-hybridized carbons (Fsp3) is 0.240. The Labute approximate surface area is 195 Å². The zero-order valence-electron chi connectivity index (χ0n) is 18.8. The molecule has 0 radical (unpaired) electrons. The Morgan fingerprint density at radius 2 is 1.97 bits per heavy atom. The van der Waals surface area contributed by atoms with E-state index in [4.69, 9.17) is 4.42 Å². The first-order valence-electron chi connectivity index (χ1n) is 11.3. The van der Waals surface area contributed by atoms with Crippen molar-refractivity contribution < 1.29 is 9.21 Å². The number of carbonyl (C=O) groups excluding carboxylic acids is 1. The van der Waals surface area contributed by atoms with Crippen LogP contribution in [0.5, 0.6) is 0 Å². The largest absolute Gasteiger partial charge is 0.449 e. The number of hydrogen-bond acceptors (Lipinski definition) is 6. The topological polar surface area (TPSA) is 104 Å². The molecule has 0 saturated heterocycles. The van der Waals surface area contributed by atoms with Gasteiger partial charge >= 0.3 is 0 Å². The average molecular weight is 454 g/mol. The van der Waals surface area contributed by atoms with E-state index in [1.54, 1.807) is 18.7 Å². The Morgan fingerprint density at radius 3 is 2.79 bits per heavy atom. The van der Waals surface area contributed by atoms with Crippen molar-refractivity contribution >= 4 is 22.7 Å². The summed E-state index contributed by atoms with van der Waals surface area (Å²) in [6.07, 6.45) is 7.73. The predicted octanol–water partition coefficient (Wildman–Crippen LogP) is 4.98. The highest BCUT2D eigenvalue weighted by Gasteiger charge is 2.28. The van der Waals surface area contributed by atoms with Gasteiger partial charge < -0.3 is 18.9 Å². The molecule has 0 atom stereocenters. The SMILES string of the molecule is CC(C)n1cnnc1-c1cccc(NC(=O)c2oc3ccccc3c2-n2cnc(C3CC3)c2)n1. The van der Waals surface area contributed by atoms with Gasteiger partial charge in [-0.1, -0.05) is 18.2 Å². The van der Waals surface area contributed by atoms with E-state index in [0.29, 0.717) is 34.5 Å². The number of furan rings is 1. The van der Waals surface area contributed by atoms with E-state index in [1.807, 2.05) is 65.6 Å². The summed E-state index contributed by atoms with van der Waals surface area (Å²) in [6.45, 7) is 4.10. The molecule has 0 bridgehead atoms. The normalized spacial score (nSPS) is 13.6. The minimum absolute atomic E-state index is 0.180. The molecule has 1 N–H and O–H groups in total. The summed E-state index contributed by atoms with van der Waals surface area (Å²) >= 11 is 0. The van der Waals surface area contributed by atoms with Crippen LogP contribution in [0.2, 0.25) is 0 Å². The van der Waals surface area contributed by atoms with E-state index in [-0.39, 0.29) is 17.7 Å². The number of rotatable bonds is 6. The summed E-state index contributed by atoms with van der Waals surface area (Å²) in [4.78, 5) is 22.5. The van der Waals surface area contributed by atoms with Crippen LogP contribution in [-0.4, -0.2) is 35.2 Å². The van der Waals surface area contributed by atoms with Crippen molar-refractivity contribution in [2.75, 3.05) is 5.32 Å². The van der Waals surface area contributed by atoms with Crippen LogP contribution in [0.4, 0.5) is 5.82 Å². The maximum atomic E-state index is 13.4. The minimum atomic E-state index is -0.386. The number of carbonyl (C=O) groups is 1. The lowest BCUT2D eigenvalue weighted by atomic mass is 10.2. The Kier molecular flexibility index (Phi) is 4.75. The van der Waals surface area contributed by atoms with Gasteiger partial charge in [0.15, 0.2) is 5.82 Å². The van der Waals surface area contributed by atoms with Crippen LogP contribution in [0.3, 0.4) is 0 Å². The van der Waals surface area contributed by atoms with Crippen LogP contribution in [0.15, 0.2) is 65.7 Å². The lowest BCUT2D eigenvalue weighted by Crippen LogP contribution is -2.14. The van der Waals surface area contributed by atoms with E-state index in [0.717, 1.165) is 23.9 Å². The second-order valence-electron chi connectivity index (χ2n) is 8.77. The monoisotopic (exact) mass is 453 g/mol. The number of anilines is 1. The molecule has 9 nitrogen and oxygen atoms in total. The van der Waals surface area contributed by atoms with Gasteiger partial charge in [-0.15, -0.1) is 10.2 Å². The highest BCUT2D eigenvalue weighted by molar-refractivity contribution is 6.09. The van der Waals surface area contributed by atoms with Crippen LogP contribution < -0.4 is 5.32 Å². The van der Waals surface area contributed by atoms with E-state index in [2.05, 4.69) is 25.5 Å². The van der Waals surface area contributed by atoms with Crippen LogP contribution in [-0.2, 0) is 0 Å². The fourth-order valence-electron chi connectivity index (χ4n) is 4.10. The molecule has 1 fully saturated rings. The maximum absolute atomic E-state index is 13.4. The highest BCUT2D eigenvalue weighted by Crippen LogP contribution is 2.40. The van der Waals surface area contributed by atoms with Crippen LogP contribution >= 0.6 is 0 Å². The van der Waals surface area contributed by atoms with Crippen molar-refractivity contribution in [2.24, 2.45) is 0 Å². The number of fused-ring (bicyclic) bond motifs is 1. The number of aromatic nitrogens is 6. The number of nitrogens with one attached hydrogen (secondary N) is 1. The summed E-state index contributed by atoms with van der Waals surface area (Å²) in [5.74, 6) is 1.37. The molecule has 4 aromatic heterocycles. The van der Waals surface area contributed by atoms with Crippen LogP contribution in [0.25, 0.3) is 28.2 Å². The first-order valence-corrected chi connectivity index (χ1v) is 11.3.